The number of nitrogens with zero attached hydrogens (tertiary/aromatic N) is 3. The lowest BCUT2D eigenvalue weighted by Gasteiger charge is -2.06. The minimum Gasteiger partial charge on any atom is -0.435 e. The van der Waals surface area contributed by atoms with E-state index in [1.165, 1.54) is 12.1 Å². The van der Waals surface area contributed by atoms with Crippen LogP contribution in [0.15, 0.2) is 48.8 Å². The van der Waals surface area contributed by atoms with Gasteiger partial charge in [0, 0.05) is 6.20 Å². The zero-order valence-electron chi connectivity index (χ0n) is 9.70. The first-order chi connectivity index (χ1) is 9.22. The molecule has 0 fully saturated rings. The van der Waals surface area contributed by atoms with E-state index in [1.54, 1.807) is 29.0 Å². The van der Waals surface area contributed by atoms with Crippen LogP contribution in [-0.2, 0) is 0 Å². The van der Waals surface area contributed by atoms with Crippen LogP contribution in [0.3, 0.4) is 0 Å². The molecule has 0 radical (unpaired) electrons. The van der Waals surface area contributed by atoms with Crippen LogP contribution in [0.1, 0.15) is 0 Å². The van der Waals surface area contributed by atoms with E-state index in [0.717, 1.165) is 16.6 Å². The number of hydrogen-bond acceptors (Lipinski definition) is 3. The van der Waals surface area contributed by atoms with Crippen molar-refractivity contribution in [1.82, 2.24) is 14.8 Å². The lowest BCUT2D eigenvalue weighted by atomic mass is 10.1. The van der Waals surface area contributed by atoms with Crippen LogP contribution >= 0.6 is 0 Å². The second kappa shape index (κ2) is 4.64. The smallest absolute Gasteiger partial charge is 0.387 e. The number of fused-ring (bicyclic) bond motifs is 1. The highest BCUT2D eigenvalue weighted by atomic mass is 19.3. The monoisotopic (exact) mass is 261 g/mol. The number of halogens is 2. The molecule has 0 spiro atoms. The van der Waals surface area contributed by atoms with E-state index in [0.29, 0.717) is 0 Å². The Morgan fingerprint density at radius 1 is 1.05 bits per heavy atom. The van der Waals surface area contributed by atoms with Gasteiger partial charge in [0.15, 0.2) is 0 Å². The lowest BCUT2D eigenvalue weighted by Crippen LogP contribution is -2.01. The van der Waals surface area contributed by atoms with Crippen LogP contribution in [0.25, 0.3) is 16.6 Å². The maximum Gasteiger partial charge on any atom is 0.387 e. The molecule has 0 saturated carbocycles. The second-order valence-corrected chi connectivity index (χ2v) is 3.92. The van der Waals surface area contributed by atoms with Crippen molar-refractivity contribution in [2.24, 2.45) is 0 Å². The molecule has 0 unspecified atom stereocenters. The van der Waals surface area contributed by atoms with Crippen molar-refractivity contribution < 1.29 is 13.5 Å². The molecular weight excluding hydrogens is 252 g/mol. The van der Waals surface area contributed by atoms with Crippen molar-refractivity contribution in [3.8, 4) is 16.9 Å². The zero-order valence-corrected chi connectivity index (χ0v) is 9.70. The molecule has 0 aliphatic carbocycles. The molecule has 0 saturated heterocycles. The summed E-state index contributed by atoms with van der Waals surface area (Å²) in [7, 11) is 0. The van der Waals surface area contributed by atoms with Crippen LogP contribution in [0.4, 0.5) is 8.78 Å². The first kappa shape index (κ1) is 11.6. The van der Waals surface area contributed by atoms with E-state index in [2.05, 4.69) is 15.0 Å². The fourth-order valence-electron chi connectivity index (χ4n) is 1.84. The molecule has 3 aromatic rings. The third kappa shape index (κ3) is 2.37. The molecule has 0 atom stereocenters. The fourth-order valence-corrected chi connectivity index (χ4v) is 1.84. The number of aromatic nitrogens is 3. The molecule has 2 aromatic heterocycles. The number of ether oxygens (including phenoxy) is 1. The molecule has 0 N–H and O–H groups in total. The van der Waals surface area contributed by atoms with Gasteiger partial charge in [-0.2, -0.15) is 8.78 Å². The number of pyridine rings is 1. The normalized spacial score (nSPS) is 11.1. The van der Waals surface area contributed by atoms with Crippen molar-refractivity contribution in [1.29, 1.82) is 0 Å². The van der Waals surface area contributed by atoms with Gasteiger partial charge in [-0.15, -0.1) is 5.10 Å². The van der Waals surface area contributed by atoms with Gasteiger partial charge in [-0.25, -0.2) is 4.52 Å². The molecule has 3 rings (SSSR count). The minimum atomic E-state index is -2.81. The van der Waals surface area contributed by atoms with E-state index in [9.17, 15) is 8.78 Å². The van der Waals surface area contributed by atoms with E-state index in [-0.39, 0.29) is 5.75 Å². The number of benzene rings is 1. The average Bonchev–Trinajstić information content (AvgIpc) is 2.86. The Balaban J connectivity index is 1.92. The molecule has 0 aliphatic heterocycles. The summed E-state index contributed by atoms with van der Waals surface area (Å²) in [6.45, 7) is -2.81. The molecule has 2 heterocycles. The third-order valence-corrected chi connectivity index (χ3v) is 2.71. The minimum absolute atomic E-state index is 0.144. The van der Waals surface area contributed by atoms with Gasteiger partial charge in [-0.05, 0) is 35.4 Å². The molecule has 0 amide bonds. The van der Waals surface area contributed by atoms with Crippen LogP contribution in [0.2, 0.25) is 0 Å². The average molecular weight is 261 g/mol. The largest absolute Gasteiger partial charge is 0.435 e. The summed E-state index contributed by atoms with van der Waals surface area (Å²) < 4.78 is 30.0. The van der Waals surface area contributed by atoms with Gasteiger partial charge in [0.2, 0.25) is 0 Å². The van der Waals surface area contributed by atoms with Crippen molar-refractivity contribution in [2.75, 3.05) is 0 Å². The summed E-state index contributed by atoms with van der Waals surface area (Å²) >= 11 is 0. The fraction of sp³-hybridized carbons (Fsp3) is 0.0769. The van der Waals surface area contributed by atoms with Crippen LogP contribution in [0, 0.1) is 0 Å². The highest BCUT2D eigenvalue weighted by Crippen LogP contribution is 2.24. The van der Waals surface area contributed by atoms with Gasteiger partial charge in [0.1, 0.15) is 5.75 Å². The molecule has 96 valence electrons. The molecule has 0 bridgehead atoms. The van der Waals surface area contributed by atoms with E-state index in [4.69, 9.17) is 0 Å². The Labute approximate surface area is 107 Å². The van der Waals surface area contributed by atoms with Crippen molar-refractivity contribution in [3.05, 3.63) is 48.8 Å². The highest BCUT2D eigenvalue weighted by Gasteiger charge is 2.05. The zero-order chi connectivity index (χ0) is 13.2. The molecule has 6 heteroatoms. The first-order valence-corrected chi connectivity index (χ1v) is 5.58. The Bertz CT molecular complexity index is 694. The number of rotatable bonds is 3. The van der Waals surface area contributed by atoms with Gasteiger partial charge in [0.05, 0.1) is 11.7 Å². The van der Waals surface area contributed by atoms with E-state index >= 15 is 0 Å². The quantitative estimate of drug-likeness (QED) is 0.727. The van der Waals surface area contributed by atoms with Crippen molar-refractivity contribution in [3.63, 3.8) is 0 Å². The van der Waals surface area contributed by atoms with Gasteiger partial charge in [-0.1, -0.05) is 17.3 Å². The molecule has 0 aliphatic rings. The van der Waals surface area contributed by atoms with Crippen LogP contribution < -0.4 is 4.74 Å². The highest BCUT2D eigenvalue weighted by molar-refractivity contribution is 5.68. The summed E-state index contributed by atoms with van der Waals surface area (Å²) in [5.74, 6) is 0.144. The maximum absolute atomic E-state index is 12.0. The SMILES string of the molecule is FC(F)Oc1ccc(-c2ccn3nncc3c2)cc1. The predicted octanol–water partition coefficient (Wildman–Crippen LogP) is 3.00. The van der Waals surface area contributed by atoms with Gasteiger partial charge < -0.3 is 4.74 Å². The van der Waals surface area contributed by atoms with Crippen LogP contribution in [-0.4, -0.2) is 21.4 Å². The summed E-state index contributed by atoms with van der Waals surface area (Å²) in [6.07, 6.45) is 3.44. The molecule has 19 heavy (non-hydrogen) atoms. The maximum atomic E-state index is 12.0. The predicted molar refractivity (Wildman–Crippen MR) is 65.1 cm³/mol. The van der Waals surface area contributed by atoms with Gasteiger partial charge in [-0.3, -0.25) is 0 Å². The van der Waals surface area contributed by atoms with Gasteiger partial charge >= 0.3 is 6.61 Å². The van der Waals surface area contributed by atoms with E-state index < -0.39 is 6.61 Å². The summed E-state index contributed by atoms with van der Waals surface area (Å²) in [6, 6.07) is 10.3. The van der Waals surface area contributed by atoms with Crippen molar-refractivity contribution >= 4 is 5.52 Å². The summed E-state index contributed by atoms with van der Waals surface area (Å²) in [4.78, 5) is 0. The Hall–Kier alpha value is -2.50. The van der Waals surface area contributed by atoms with Crippen molar-refractivity contribution in [2.45, 2.75) is 6.61 Å². The number of hydrogen-bond donors (Lipinski definition) is 0. The Kier molecular flexibility index (Phi) is 2.83. The summed E-state index contributed by atoms with van der Waals surface area (Å²) in [5.41, 5.74) is 2.73. The third-order valence-electron chi connectivity index (χ3n) is 2.71. The van der Waals surface area contributed by atoms with Crippen LogP contribution in [0.5, 0.6) is 5.75 Å². The van der Waals surface area contributed by atoms with Gasteiger partial charge in [0.25, 0.3) is 0 Å². The Morgan fingerprint density at radius 3 is 2.58 bits per heavy atom. The second-order valence-electron chi connectivity index (χ2n) is 3.92. The lowest BCUT2D eigenvalue weighted by molar-refractivity contribution is -0.0498. The van der Waals surface area contributed by atoms with E-state index in [1.807, 2.05) is 12.1 Å². The molecular formula is C13H9F2N3O. The molecule has 1 aromatic carbocycles. The number of alkyl halides is 2. The standard InChI is InChI=1S/C13H9F2N3O/c14-13(15)19-12-3-1-9(2-4-12)10-5-6-18-11(7-10)8-16-17-18/h1-8,13H. The first-order valence-electron chi connectivity index (χ1n) is 5.58. The topological polar surface area (TPSA) is 39.4 Å². The summed E-state index contributed by atoms with van der Waals surface area (Å²) in [5, 5.41) is 7.66. The Morgan fingerprint density at radius 2 is 1.84 bits per heavy atom. The molecule has 4 nitrogen and oxygen atoms in total.